The van der Waals surface area contributed by atoms with Gasteiger partial charge in [-0.3, -0.25) is 4.79 Å². The predicted molar refractivity (Wildman–Crippen MR) is 89.5 cm³/mol. The first-order valence-corrected chi connectivity index (χ1v) is 7.15. The summed E-state index contributed by atoms with van der Waals surface area (Å²) in [5.74, 6) is 0.106. The summed E-state index contributed by atoms with van der Waals surface area (Å²) in [5, 5.41) is 14.9. The highest BCUT2D eigenvalue weighted by Crippen LogP contribution is 2.32. The van der Waals surface area contributed by atoms with E-state index in [9.17, 15) is 9.90 Å². The largest absolute Gasteiger partial charge is 0.507 e. The molecule has 0 bridgehead atoms. The van der Waals surface area contributed by atoms with Crippen LogP contribution in [0.2, 0.25) is 0 Å². The van der Waals surface area contributed by atoms with Crippen molar-refractivity contribution in [1.82, 2.24) is 0 Å². The maximum Gasteiger partial charge on any atom is 0.255 e. The van der Waals surface area contributed by atoms with Crippen LogP contribution in [0.5, 0.6) is 5.75 Å². The lowest BCUT2D eigenvalue weighted by Crippen LogP contribution is -2.11. The SMILES string of the molecule is Cc1cc2ccc(NC(=O)c3ccccc3)cc2c(O)c1C. The molecule has 3 aromatic carbocycles. The fourth-order valence-electron chi connectivity index (χ4n) is 2.49. The lowest BCUT2D eigenvalue weighted by molar-refractivity contribution is 0.102. The Morgan fingerprint density at radius 1 is 1.00 bits per heavy atom. The molecule has 0 fully saturated rings. The molecular formula is C19H17NO2. The molecule has 0 saturated carbocycles. The Labute approximate surface area is 129 Å². The smallest absolute Gasteiger partial charge is 0.255 e. The van der Waals surface area contributed by atoms with Crippen LogP contribution in [0, 0.1) is 13.8 Å². The van der Waals surface area contributed by atoms with Crippen LogP contribution in [-0.2, 0) is 0 Å². The Morgan fingerprint density at radius 2 is 1.73 bits per heavy atom. The van der Waals surface area contributed by atoms with Crippen molar-refractivity contribution in [3.8, 4) is 5.75 Å². The van der Waals surface area contributed by atoms with Crippen LogP contribution in [0.4, 0.5) is 5.69 Å². The monoisotopic (exact) mass is 291 g/mol. The Kier molecular flexibility index (Phi) is 3.55. The zero-order chi connectivity index (χ0) is 15.7. The number of aromatic hydroxyl groups is 1. The number of carbonyl (C=O) groups is 1. The van der Waals surface area contributed by atoms with E-state index in [1.54, 1.807) is 18.2 Å². The van der Waals surface area contributed by atoms with Crippen molar-refractivity contribution in [1.29, 1.82) is 0 Å². The van der Waals surface area contributed by atoms with Gasteiger partial charge in [0, 0.05) is 16.6 Å². The van der Waals surface area contributed by atoms with Crippen molar-refractivity contribution < 1.29 is 9.90 Å². The molecular weight excluding hydrogens is 274 g/mol. The third kappa shape index (κ3) is 2.53. The van der Waals surface area contributed by atoms with E-state index in [0.717, 1.165) is 21.9 Å². The number of fused-ring (bicyclic) bond motifs is 1. The minimum absolute atomic E-state index is 0.164. The number of phenolic OH excluding ortho intramolecular Hbond substituents is 1. The number of hydrogen-bond acceptors (Lipinski definition) is 2. The third-order valence-corrected chi connectivity index (χ3v) is 3.92. The van der Waals surface area contributed by atoms with Gasteiger partial charge in [-0.1, -0.05) is 30.3 Å². The Bertz CT molecular complexity index is 854. The summed E-state index contributed by atoms with van der Waals surface area (Å²) in [6.07, 6.45) is 0. The van der Waals surface area contributed by atoms with E-state index < -0.39 is 0 Å². The average molecular weight is 291 g/mol. The quantitative estimate of drug-likeness (QED) is 0.734. The summed E-state index contributed by atoms with van der Waals surface area (Å²) < 4.78 is 0. The van der Waals surface area contributed by atoms with Crippen LogP contribution in [0.25, 0.3) is 10.8 Å². The van der Waals surface area contributed by atoms with Crippen LogP contribution in [-0.4, -0.2) is 11.0 Å². The van der Waals surface area contributed by atoms with Gasteiger partial charge in [-0.15, -0.1) is 0 Å². The van der Waals surface area contributed by atoms with E-state index in [-0.39, 0.29) is 11.7 Å². The van der Waals surface area contributed by atoms with Crippen molar-refractivity contribution in [3.05, 3.63) is 71.3 Å². The predicted octanol–water partition coefficient (Wildman–Crippen LogP) is 4.41. The average Bonchev–Trinajstić information content (AvgIpc) is 2.54. The summed E-state index contributed by atoms with van der Waals surface area (Å²) in [4.78, 5) is 12.2. The van der Waals surface area contributed by atoms with Gasteiger partial charge in [0.2, 0.25) is 0 Å². The molecule has 0 heterocycles. The fraction of sp³-hybridized carbons (Fsp3) is 0.105. The van der Waals surface area contributed by atoms with Gasteiger partial charge < -0.3 is 10.4 Å². The Morgan fingerprint density at radius 3 is 2.45 bits per heavy atom. The molecule has 110 valence electrons. The molecule has 0 aliphatic heterocycles. The first-order chi connectivity index (χ1) is 10.6. The molecule has 0 unspecified atom stereocenters. The topological polar surface area (TPSA) is 49.3 Å². The van der Waals surface area contributed by atoms with Gasteiger partial charge in [-0.25, -0.2) is 0 Å². The molecule has 0 aliphatic rings. The maximum absolute atomic E-state index is 12.2. The molecule has 1 amide bonds. The normalized spacial score (nSPS) is 10.6. The highest BCUT2D eigenvalue weighted by molar-refractivity contribution is 6.05. The minimum Gasteiger partial charge on any atom is -0.507 e. The molecule has 0 saturated heterocycles. The van der Waals surface area contributed by atoms with E-state index in [2.05, 4.69) is 5.32 Å². The fourth-order valence-corrected chi connectivity index (χ4v) is 2.49. The summed E-state index contributed by atoms with van der Waals surface area (Å²) in [6.45, 7) is 3.86. The molecule has 0 atom stereocenters. The molecule has 22 heavy (non-hydrogen) atoms. The molecule has 0 spiro atoms. The first kappa shape index (κ1) is 14.1. The van der Waals surface area contributed by atoms with Crippen LogP contribution in [0.1, 0.15) is 21.5 Å². The highest BCUT2D eigenvalue weighted by atomic mass is 16.3. The first-order valence-electron chi connectivity index (χ1n) is 7.15. The van der Waals surface area contributed by atoms with Gasteiger partial charge in [0.1, 0.15) is 5.75 Å². The summed E-state index contributed by atoms with van der Waals surface area (Å²) >= 11 is 0. The van der Waals surface area contributed by atoms with Gasteiger partial charge in [-0.05, 0) is 54.6 Å². The zero-order valence-electron chi connectivity index (χ0n) is 12.6. The second-order valence-corrected chi connectivity index (χ2v) is 5.42. The Hall–Kier alpha value is -2.81. The molecule has 3 aromatic rings. The lowest BCUT2D eigenvalue weighted by Gasteiger charge is -2.11. The molecule has 3 nitrogen and oxygen atoms in total. The van der Waals surface area contributed by atoms with Gasteiger partial charge in [0.05, 0.1) is 0 Å². The standard InChI is InChI=1S/C19H17NO2/c1-12-10-15-8-9-16(11-17(15)18(21)13(12)2)20-19(22)14-6-4-3-5-7-14/h3-11,21H,1-2H3,(H,20,22). The molecule has 0 aliphatic carbocycles. The number of anilines is 1. The van der Waals surface area contributed by atoms with E-state index in [0.29, 0.717) is 11.3 Å². The zero-order valence-corrected chi connectivity index (χ0v) is 12.6. The number of amides is 1. The Balaban J connectivity index is 1.97. The molecule has 2 N–H and O–H groups in total. The number of hydrogen-bond donors (Lipinski definition) is 2. The van der Waals surface area contributed by atoms with E-state index in [1.165, 1.54) is 0 Å². The minimum atomic E-state index is -0.164. The number of rotatable bonds is 2. The second kappa shape index (κ2) is 5.53. The van der Waals surface area contributed by atoms with Crippen molar-refractivity contribution in [2.24, 2.45) is 0 Å². The van der Waals surface area contributed by atoms with E-state index >= 15 is 0 Å². The highest BCUT2D eigenvalue weighted by Gasteiger charge is 2.09. The van der Waals surface area contributed by atoms with Crippen LogP contribution in [0.15, 0.2) is 54.6 Å². The van der Waals surface area contributed by atoms with Crippen molar-refractivity contribution >= 4 is 22.4 Å². The van der Waals surface area contributed by atoms with Crippen LogP contribution in [0.3, 0.4) is 0 Å². The van der Waals surface area contributed by atoms with Crippen molar-refractivity contribution in [2.45, 2.75) is 13.8 Å². The molecule has 3 heteroatoms. The van der Waals surface area contributed by atoms with Crippen molar-refractivity contribution in [2.75, 3.05) is 5.32 Å². The lowest BCUT2D eigenvalue weighted by atomic mass is 10.0. The molecule has 3 rings (SSSR count). The number of aryl methyl sites for hydroxylation is 1. The third-order valence-electron chi connectivity index (χ3n) is 3.92. The van der Waals surface area contributed by atoms with Crippen molar-refractivity contribution in [3.63, 3.8) is 0 Å². The van der Waals surface area contributed by atoms with Gasteiger partial charge in [0.25, 0.3) is 5.91 Å². The van der Waals surface area contributed by atoms with Crippen LogP contribution >= 0.6 is 0 Å². The van der Waals surface area contributed by atoms with E-state index in [1.807, 2.05) is 50.2 Å². The van der Waals surface area contributed by atoms with Gasteiger partial charge in [-0.2, -0.15) is 0 Å². The summed E-state index contributed by atoms with van der Waals surface area (Å²) in [6, 6.07) is 16.6. The number of nitrogens with one attached hydrogen (secondary N) is 1. The van der Waals surface area contributed by atoms with Gasteiger partial charge in [0.15, 0.2) is 0 Å². The number of benzene rings is 3. The number of phenols is 1. The molecule has 0 radical (unpaired) electrons. The van der Waals surface area contributed by atoms with Gasteiger partial charge >= 0.3 is 0 Å². The maximum atomic E-state index is 12.2. The summed E-state index contributed by atoms with van der Waals surface area (Å²) in [7, 11) is 0. The number of carbonyl (C=O) groups excluding carboxylic acids is 1. The van der Waals surface area contributed by atoms with E-state index in [4.69, 9.17) is 0 Å². The van der Waals surface area contributed by atoms with Crippen LogP contribution < -0.4 is 5.32 Å². The molecule has 0 aromatic heterocycles. The summed E-state index contributed by atoms with van der Waals surface area (Å²) in [5.41, 5.74) is 3.18. The second-order valence-electron chi connectivity index (χ2n) is 5.42.